The highest BCUT2D eigenvalue weighted by Crippen LogP contribution is 2.30. The molecule has 3 heteroatoms. The maximum absolute atomic E-state index is 5.28. The zero-order valence-corrected chi connectivity index (χ0v) is 11.9. The number of rotatable bonds is 3. The van der Waals surface area contributed by atoms with Crippen molar-refractivity contribution in [3.8, 4) is 22.8 Å². The van der Waals surface area contributed by atoms with Crippen molar-refractivity contribution in [3.05, 3.63) is 48.5 Å². The van der Waals surface area contributed by atoms with E-state index < -0.39 is 0 Å². The lowest BCUT2D eigenvalue weighted by Crippen LogP contribution is -1.91. The Labute approximate surface area is 118 Å². The molecule has 0 aliphatic carbocycles. The molecule has 0 N–H and O–H groups in total. The van der Waals surface area contributed by atoms with Crippen LogP contribution in [0.15, 0.2) is 48.5 Å². The summed E-state index contributed by atoms with van der Waals surface area (Å²) in [6.07, 6.45) is 0. The minimum absolute atomic E-state index is 0.870. The monoisotopic (exact) mass is 267 g/mol. The molecule has 0 aliphatic rings. The summed E-state index contributed by atoms with van der Waals surface area (Å²) in [7, 11) is 5.45. The first-order chi connectivity index (χ1) is 9.72. The second-order valence-electron chi connectivity index (χ2n) is 4.74. The molecule has 0 atom stereocenters. The molecule has 0 saturated carbocycles. The Balaban J connectivity index is 2.12. The van der Waals surface area contributed by atoms with Gasteiger partial charge in [0.2, 0.25) is 0 Å². The van der Waals surface area contributed by atoms with Gasteiger partial charge in [0.05, 0.1) is 14.2 Å². The first-order valence-electron chi connectivity index (χ1n) is 6.51. The molecule has 0 aliphatic heterocycles. The van der Waals surface area contributed by atoms with Gasteiger partial charge in [0.15, 0.2) is 0 Å². The summed E-state index contributed by atoms with van der Waals surface area (Å²) < 4.78 is 12.7. The lowest BCUT2D eigenvalue weighted by Gasteiger charge is -2.06. The second-order valence-corrected chi connectivity index (χ2v) is 4.74. The molecule has 3 rings (SSSR count). The van der Waals surface area contributed by atoms with Crippen molar-refractivity contribution in [3.63, 3.8) is 0 Å². The molecule has 0 radical (unpaired) electrons. The van der Waals surface area contributed by atoms with Crippen molar-refractivity contribution in [2.24, 2.45) is 7.05 Å². The van der Waals surface area contributed by atoms with E-state index in [1.54, 1.807) is 14.2 Å². The number of methoxy groups -OCH3 is 2. The molecule has 1 heterocycles. The molecule has 0 amide bonds. The number of aryl methyl sites for hydroxylation is 1. The molecule has 3 aromatic rings. The second kappa shape index (κ2) is 4.93. The number of aromatic nitrogens is 1. The van der Waals surface area contributed by atoms with Crippen LogP contribution in [0.2, 0.25) is 0 Å². The first kappa shape index (κ1) is 12.6. The van der Waals surface area contributed by atoms with Crippen LogP contribution >= 0.6 is 0 Å². The van der Waals surface area contributed by atoms with E-state index in [0.29, 0.717) is 0 Å². The fourth-order valence-corrected chi connectivity index (χ4v) is 2.49. The number of hydrogen-bond acceptors (Lipinski definition) is 2. The SMILES string of the molecule is COc1ccc(-c2cc3cc(OC)ccc3n2C)cc1. The number of ether oxygens (including phenoxy) is 2. The highest BCUT2D eigenvalue weighted by atomic mass is 16.5. The summed E-state index contributed by atoms with van der Waals surface area (Å²) in [5.74, 6) is 1.75. The standard InChI is InChI=1S/C17H17NO2/c1-18-16-9-8-15(20-3)10-13(16)11-17(18)12-4-6-14(19-2)7-5-12/h4-11H,1-3H3. The fourth-order valence-electron chi connectivity index (χ4n) is 2.49. The highest BCUT2D eigenvalue weighted by Gasteiger charge is 2.08. The van der Waals surface area contributed by atoms with Crippen LogP contribution in [0.25, 0.3) is 22.2 Å². The van der Waals surface area contributed by atoms with Crippen LogP contribution in [-0.2, 0) is 7.05 Å². The first-order valence-corrected chi connectivity index (χ1v) is 6.51. The van der Waals surface area contributed by atoms with Crippen molar-refractivity contribution in [1.29, 1.82) is 0 Å². The Kier molecular flexibility index (Phi) is 3.11. The van der Waals surface area contributed by atoms with Gasteiger partial charge in [-0.25, -0.2) is 0 Å². The third-order valence-electron chi connectivity index (χ3n) is 3.64. The van der Waals surface area contributed by atoms with Gasteiger partial charge in [0, 0.05) is 23.6 Å². The minimum atomic E-state index is 0.870. The maximum Gasteiger partial charge on any atom is 0.119 e. The van der Waals surface area contributed by atoms with E-state index in [0.717, 1.165) is 11.5 Å². The topological polar surface area (TPSA) is 23.4 Å². The zero-order valence-electron chi connectivity index (χ0n) is 11.9. The van der Waals surface area contributed by atoms with E-state index in [2.05, 4.69) is 41.9 Å². The quantitative estimate of drug-likeness (QED) is 0.719. The molecular weight excluding hydrogens is 250 g/mol. The molecule has 1 aromatic heterocycles. The van der Waals surface area contributed by atoms with Crippen LogP contribution in [0, 0.1) is 0 Å². The Hall–Kier alpha value is -2.42. The molecule has 3 nitrogen and oxygen atoms in total. The molecular formula is C17H17NO2. The van der Waals surface area contributed by atoms with Crippen LogP contribution in [-0.4, -0.2) is 18.8 Å². The van der Waals surface area contributed by atoms with Crippen molar-refractivity contribution < 1.29 is 9.47 Å². The maximum atomic E-state index is 5.28. The molecule has 0 bridgehead atoms. The lowest BCUT2D eigenvalue weighted by atomic mass is 10.1. The molecule has 0 fully saturated rings. The van der Waals surface area contributed by atoms with E-state index in [9.17, 15) is 0 Å². The van der Waals surface area contributed by atoms with Crippen molar-refractivity contribution in [2.45, 2.75) is 0 Å². The molecule has 0 unspecified atom stereocenters. The Morgan fingerprint density at radius 2 is 1.45 bits per heavy atom. The Morgan fingerprint density at radius 3 is 2.10 bits per heavy atom. The number of hydrogen-bond donors (Lipinski definition) is 0. The van der Waals surface area contributed by atoms with Crippen LogP contribution in [0.3, 0.4) is 0 Å². The summed E-state index contributed by atoms with van der Waals surface area (Å²) in [5, 5.41) is 1.18. The van der Waals surface area contributed by atoms with Crippen LogP contribution in [0.4, 0.5) is 0 Å². The Bertz CT molecular complexity index is 742. The summed E-state index contributed by atoms with van der Waals surface area (Å²) in [4.78, 5) is 0. The minimum Gasteiger partial charge on any atom is -0.497 e. The summed E-state index contributed by atoms with van der Waals surface area (Å²) in [6.45, 7) is 0. The van der Waals surface area contributed by atoms with Gasteiger partial charge in [0.1, 0.15) is 11.5 Å². The van der Waals surface area contributed by atoms with Gasteiger partial charge in [-0.2, -0.15) is 0 Å². The average Bonchev–Trinajstić information content (AvgIpc) is 2.84. The van der Waals surface area contributed by atoms with E-state index in [1.807, 2.05) is 18.2 Å². The van der Waals surface area contributed by atoms with Crippen molar-refractivity contribution in [2.75, 3.05) is 14.2 Å². The Morgan fingerprint density at radius 1 is 0.800 bits per heavy atom. The summed E-state index contributed by atoms with van der Waals surface area (Å²) in [6, 6.07) is 16.4. The molecule has 2 aromatic carbocycles. The van der Waals surface area contributed by atoms with Gasteiger partial charge in [-0.3, -0.25) is 0 Å². The number of benzene rings is 2. The average molecular weight is 267 g/mol. The van der Waals surface area contributed by atoms with Gasteiger partial charge in [-0.15, -0.1) is 0 Å². The van der Waals surface area contributed by atoms with Gasteiger partial charge in [-0.1, -0.05) is 0 Å². The normalized spacial score (nSPS) is 10.8. The molecule has 102 valence electrons. The predicted molar refractivity (Wildman–Crippen MR) is 81.5 cm³/mol. The van der Waals surface area contributed by atoms with Gasteiger partial charge < -0.3 is 14.0 Å². The lowest BCUT2D eigenvalue weighted by molar-refractivity contribution is 0.415. The number of nitrogens with zero attached hydrogens (tertiary/aromatic N) is 1. The van der Waals surface area contributed by atoms with E-state index in [-0.39, 0.29) is 0 Å². The third-order valence-corrected chi connectivity index (χ3v) is 3.64. The fraction of sp³-hybridized carbons (Fsp3) is 0.176. The van der Waals surface area contributed by atoms with Gasteiger partial charge >= 0.3 is 0 Å². The van der Waals surface area contributed by atoms with Crippen LogP contribution in [0.1, 0.15) is 0 Å². The largest absolute Gasteiger partial charge is 0.497 e. The van der Waals surface area contributed by atoms with Gasteiger partial charge in [0.25, 0.3) is 0 Å². The van der Waals surface area contributed by atoms with Crippen LogP contribution < -0.4 is 9.47 Å². The highest BCUT2D eigenvalue weighted by molar-refractivity contribution is 5.88. The molecule has 0 spiro atoms. The summed E-state index contributed by atoms with van der Waals surface area (Å²) in [5.41, 5.74) is 3.54. The van der Waals surface area contributed by atoms with E-state index in [4.69, 9.17) is 9.47 Å². The zero-order chi connectivity index (χ0) is 14.1. The van der Waals surface area contributed by atoms with Crippen molar-refractivity contribution in [1.82, 2.24) is 4.57 Å². The van der Waals surface area contributed by atoms with Crippen LogP contribution in [0.5, 0.6) is 11.5 Å². The number of fused-ring (bicyclic) bond motifs is 1. The van der Waals surface area contributed by atoms with E-state index >= 15 is 0 Å². The van der Waals surface area contributed by atoms with Gasteiger partial charge in [-0.05, 0) is 54.1 Å². The third kappa shape index (κ3) is 2.01. The molecule has 20 heavy (non-hydrogen) atoms. The predicted octanol–water partition coefficient (Wildman–Crippen LogP) is 3.86. The smallest absolute Gasteiger partial charge is 0.119 e. The van der Waals surface area contributed by atoms with E-state index in [1.165, 1.54) is 22.2 Å². The summed E-state index contributed by atoms with van der Waals surface area (Å²) >= 11 is 0. The van der Waals surface area contributed by atoms with Crippen molar-refractivity contribution >= 4 is 10.9 Å². The molecule has 0 saturated heterocycles.